The van der Waals surface area contributed by atoms with Crippen LogP contribution >= 0.6 is 0 Å². The van der Waals surface area contributed by atoms with Crippen LogP contribution in [0.4, 0.5) is 5.69 Å². The zero-order valence-corrected chi connectivity index (χ0v) is 10.8. The van der Waals surface area contributed by atoms with E-state index >= 15 is 0 Å². The number of hydrogen-bond donors (Lipinski definition) is 2. The summed E-state index contributed by atoms with van der Waals surface area (Å²) in [5.74, 6) is -0.553. The number of nitrogens with two attached hydrogens (primary N) is 1. The van der Waals surface area contributed by atoms with Crippen molar-refractivity contribution in [1.82, 2.24) is 0 Å². The van der Waals surface area contributed by atoms with Gasteiger partial charge in [0, 0.05) is 5.69 Å². The second-order valence-electron chi connectivity index (χ2n) is 2.21. The van der Waals surface area contributed by atoms with Crippen molar-refractivity contribution < 1.29 is 69.5 Å². The molecule has 7 heteroatoms. The molecule has 13 heavy (non-hydrogen) atoms. The van der Waals surface area contributed by atoms with E-state index in [9.17, 15) is 13.5 Å². The first kappa shape index (κ1) is 13.4. The predicted octanol–water partition coefficient (Wildman–Crippen LogP) is -3.41. The minimum Gasteiger partial charge on any atom is -0.872 e. The van der Waals surface area contributed by atoms with Crippen LogP contribution in [0.15, 0.2) is 23.1 Å². The SMILES string of the molecule is Nc1cc([O-])cc(S(=O)(=O)O)c1.[K+]. The molecular formula is C6H6KNO4S. The Morgan fingerprint density at radius 2 is 1.85 bits per heavy atom. The molecule has 3 N–H and O–H groups in total. The van der Waals surface area contributed by atoms with E-state index in [0.717, 1.165) is 18.2 Å². The maximum atomic E-state index is 10.7. The van der Waals surface area contributed by atoms with Gasteiger partial charge in [-0.25, -0.2) is 0 Å². The van der Waals surface area contributed by atoms with Gasteiger partial charge in [0.2, 0.25) is 0 Å². The fraction of sp³-hybridized carbons (Fsp3) is 0. The minimum absolute atomic E-state index is 0. The van der Waals surface area contributed by atoms with Gasteiger partial charge in [0.25, 0.3) is 10.1 Å². The van der Waals surface area contributed by atoms with Crippen molar-refractivity contribution in [3.8, 4) is 5.75 Å². The van der Waals surface area contributed by atoms with Crippen LogP contribution in [0.5, 0.6) is 5.75 Å². The van der Waals surface area contributed by atoms with E-state index in [4.69, 9.17) is 10.3 Å². The monoisotopic (exact) mass is 227 g/mol. The molecule has 0 aliphatic heterocycles. The summed E-state index contributed by atoms with van der Waals surface area (Å²) in [6.07, 6.45) is 0. The molecule has 0 spiro atoms. The molecule has 1 aromatic carbocycles. The van der Waals surface area contributed by atoms with Crippen LogP contribution in [0.1, 0.15) is 0 Å². The number of nitrogen functional groups attached to an aromatic ring is 1. The van der Waals surface area contributed by atoms with Gasteiger partial charge in [-0.1, -0.05) is 0 Å². The van der Waals surface area contributed by atoms with Gasteiger partial charge < -0.3 is 10.8 Å². The molecule has 0 aliphatic rings. The summed E-state index contributed by atoms with van der Waals surface area (Å²) in [6.45, 7) is 0. The number of hydrogen-bond acceptors (Lipinski definition) is 4. The van der Waals surface area contributed by atoms with E-state index in [0.29, 0.717) is 0 Å². The molecule has 0 saturated carbocycles. The number of anilines is 1. The van der Waals surface area contributed by atoms with Crippen LogP contribution in [0.3, 0.4) is 0 Å². The maximum absolute atomic E-state index is 10.7. The van der Waals surface area contributed by atoms with Crippen LogP contribution in [0, 0.1) is 0 Å². The molecule has 0 aromatic heterocycles. The van der Waals surface area contributed by atoms with Gasteiger partial charge in [0.1, 0.15) is 0 Å². The van der Waals surface area contributed by atoms with Crippen molar-refractivity contribution in [3.05, 3.63) is 18.2 Å². The summed E-state index contributed by atoms with van der Waals surface area (Å²) in [6, 6.07) is 2.87. The third kappa shape index (κ3) is 3.94. The van der Waals surface area contributed by atoms with Gasteiger partial charge >= 0.3 is 51.4 Å². The fourth-order valence-corrected chi connectivity index (χ4v) is 1.29. The Hall–Kier alpha value is 0.366. The average Bonchev–Trinajstić information content (AvgIpc) is 1.82. The molecule has 0 fully saturated rings. The molecule has 0 radical (unpaired) electrons. The van der Waals surface area contributed by atoms with E-state index in [-0.39, 0.29) is 57.1 Å². The molecule has 0 atom stereocenters. The van der Waals surface area contributed by atoms with E-state index in [1.54, 1.807) is 0 Å². The Balaban J connectivity index is 0.00000144. The second-order valence-corrected chi connectivity index (χ2v) is 3.63. The molecule has 0 unspecified atom stereocenters. The van der Waals surface area contributed by atoms with Crippen molar-refractivity contribution in [1.29, 1.82) is 0 Å². The topological polar surface area (TPSA) is 103 Å². The summed E-state index contributed by atoms with van der Waals surface area (Å²) in [5, 5.41) is 10.7. The zero-order chi connectivity index (χ0) is 9.35. The van der Waals surface area contributed by atoms with E-state index in [1.807, 2.05) is 0 Å². The zero-order valence-electron chi connectivity index (χ0n) is 6.89. The Labute approximate surface area is 118 Å². The van der Waals surface area contributed by atoms with Crippen molar-refractivity contribution in [2.45, 2.75) is 4.90 Å². The number of benzene rings is 1. The molecule has 0 aliphatic carbocycles. The van der Waals surface area contributed by atoms with E-state index < -0.39 is 20.8 Å². The van der Waals surface area contributed by atoms with Crippen LogP contribution in [-0.2, 0) is 10.1 Å². The molecule has 0 amide bonds. The van der Waals surface area contributed by atoms with Crippen LogP contribution in [-0.4, -0.2) is 13.0 Å². The average molecular weight is 227 g/mol. The smallest absolute Gasteiger partial charge is 0.872 e. The Morgan fingerprint density at radius 3 is 2.23 bits per heavy atom. The molecule has 0 heterocycles. The van der Waals surface area contributed by atoms with Crippen molar-refractivity contribution in [3.63, 3.8) is 0 Å². The molecule has 0 saturated heterocycles. The Kier molecular flexibility index (Phi) is 4.87. The summed E-state index contributed by atoms with van der Waals surface area (Å²) >= 11 is 0. The first-order valence-electron chi connectivity index (χ1n) is 2.94. The summed E-state index contributed by atoms with van der Waals surface area (Å²) in [5.41, 5.74) is 5.19. The second kappa shape index (κ2) is 4.74. The number of rotatable bonds is 1. The molecule has 1 rings (SSSR count). The molecule has 0 bridgehead atoms. The fourth-order valence-electron chi connectivity index (χ4n) is 0.743. The standard InChI is InChI=1S/C6H7NO4S.K/c7-4-1-5(8)3-6(2-4)12(9,10)11;/h1-3,8H,7H2,(H,9,10,11);/q;+1/p-1. The van der Waals surface area contributed by atoms with Crippen molar-refractivity contribution in [2.75, 3.05) is 5.73 Å². The van der Waals surface area contributed by atoms with Gasteiger partial charge in [-0.2, -0.15) is 8.42 Å². The van der Waals surface area contributed by atoms with Crippen molar-refractivity contribution in [2.24, 2.45) is 0 Å². The molecule has 66 valence electrons. The predicted molar refractivity (Wildman–Crippen MR) is 40.1 cm³/mol. The van der Waals surface area contributed by atoms with E-state index in [1.165, 1.54) is 0 Å². The normalized spacial score (nSPS) is 10.5. The summed E-state index contributed by atoms with van der Waals surface area (Å²) in [7, 11) is -4.33. The molecule has 5 nitrogen and oxygen atoms in total. The quantitative estimate of drug-likeness (QED) is 0.295. The van der Waals surface area contributed by atoms with Crippen LogP contribution in [0.2, 0.25) is 0 Å². The van der Waals surface area contributed by atoms with E-state index in [2.05, 4.69) is 0 Å². The Morgan fingerprint density at radius 1 is 1.31 bits per heavy atom. The minimum atomic E-state index is -4.33. The van der Waals surface area contributed by atoms with Gasteiger partial charge in [-0.15, -0.1) is 5.75 Å². The van der Waals surface area contributed by atoms with Gasteiger partial charge in [0.05, 0.1) is 4.90 Å². The van der Waals surface area contributed by atoms with Gasteiger partial charge in [-0.05, 0) is 18.2 Å². The van der Waals surface area contributed by atoms with Crippen molar-refractivity contribution >= 4 is 15.8 Å². The third-order valence-corrected chi connectivity index (χ3v) is 2.03. The van der Waals surface area contributed by atoms with Gasteiger partial charge in [-0.3, -0.25) is 4.55 Å². The summed E-state index contributed by atoms with van der Waals surface area (Å²) < 4.78 is 29.5. The first-order chi connectivity index (χ1) is 5.39. The maximum Gasteiger partial charge on any atom is 1.00 e. The summed E-state index contributed by atoms with van der Waals surface area (Å²) in [4.78, 5) is -0.479. The van der Waals surface area contributed by atoms with Crippen LogP contribution in [0.25, 0.3) is 0 Å². The third-order valence-electron chi connectivity index (χ3n) is 1.20. The Bertz CT molecular complexity index is 383. The van der Waals surface area contributed by atoms with Crippen LogP contribution < -0.4 is 62.2 Å². The largest absolute Gasteiger partial charge is 1.00 e. The molecule has 1 aromatic rings. The first-order valence-corrected chi connectivity index (χ1v) is 4.38. The van der Waals surface area contributed by atoms with Gasteiger partial charge in [0.15, 0.2) is 0 Å². The molecular weight excluding hydrogens is 221 g/mol.